The summed E-state index contributed by atoms with van der Waals surface area (Å²) >= 11 is 0. The van der Waals surface area contributed by atoms with Crippen molar-refractivity contribution < 1.29 is 13.2 Å². The van der Waals surface area contributed by atoms with Crippen molar-refractivity contribution in [2.75, 3.05) is 26.2 Å². The summed E-state index contributed by atoms with van der Waals surface area (Å²) in [5, 5.41) is 11.6. The van der Waals surface area contributed by atoms with Gasteiger partial charge >= 0.3 is 6.18 Å². The molecule has 1 saturated heterocycles. The van der Waals surface area contributed by atoms with Gasteiger partial charge in [-0.1, -0.05) is 6.92 Å². The van der Waals surface area contributed by atoms with Crippen LogP contribution in [0, 0.1) is 11.3 Å². The quantitative estimate of drug-likeness (QED) is 0.846. The molecule has 0 aliphatic carbocycles. The van der Waals surface area contributed by atoms with Gasteiger partial charge in [0.15, 0.2) is 0 Å². The van der Waals surface area contributed by atoms with Gasteiger partial charge in [0, 0.05) is 6.54 Å². The van der Waals surface area contributed by atoms with E-state index in [4.69, 9.17) is 0 Å². The first-order chi connectivity index (χ1) is 8.41. The van der Waals surface area contributed by atoms with Crippen molar-refractivity contribution in [3.63, 3.8) is 0 Å². The van der Waals surface area contributed by atoms with Gasteiger partial charge in [0.25, 0.3) is 0 Å². The molecule has 1 fully saturated rings. The molecule has 104 valence electrons. The molecular formula is C12H20F3N3. The Morgan fingerprint density at radius 1 is 1.33 bits per heavy atom. The molecule has 18 heavy (non-hydrogen) atoms. The van der Waals surface area contributed by atoms with E-state index in [2.05, 4.69) is 23.2 Å². The van der Waals surface area contributed by atoms with Gasteiger partial charge in [-0.15, -0.1) is 0 Å². The molecule has 0 bridgehead atoms. The van der Waals surface area contributed by atoms with Crippen LogP contribution in [0.1, 0.15) is 32.6 Å². The summed E-state index contributed by atoms with van der Waals surface area (Å²) in [4.78, 5) is 2.22. The number of rotatable bonds is 4. The smallest absolute Gasteiger partial charge is 0.303 e. The Hall–Kier alpha value is -0.800. The number of likely N-dealkylation sites (tertiary alicyclic amines) is 1. The highest BCUT2D eigenvalue weighted by molar-refractivity contribution is 5.08. The summed E-state index contributed by atoms with van der Waals surface area (Å²) in [7, 11) is 0. The van der Waals surface area contributed by atoms with Gasteiger partial charge in [-0.2, -0.15) is 18.4 Å². The molecule has 0 aromatic heterocycles. The standard InChI is InChI=1S/C12H20F3N3/c1-2-6-18-7-3-4-11(9-16,5-8-18)17-10-12(13,14)15/h17H,2-8,10H2,1H3. The molecule has 1 unspecified atom stereocenters. The average molecular weight is 263 g/mol. The molecule has 1 aliphatic heterocycles. The minimum Gasteiger partial charge on any atom is -0.303 e. The fourth-order valence-corrected chi connectivity index (χ4v) is 2.33. The first kappa shape index (κ1) is 15.3. The van der Waals surface area contributed by atoms with Crippen LogP contribution in [0.15, 0.2) is 0 Å². The average Bonchev–Trinajstić information content (AvgIpc) is 2.50. The maximum atomic E-state index is 12.2. The van der Waals surface area contributed by atoms with Gasteiger partial charge in [0.2, 0.25) is 0 Å². The van der Waals surface area contributed by atoms with Gasteiger partial charge in [0.1, 0.15) is 5.54 Å². The van der Waals surface area contributed by atoms with Crippen molar-refractivity contribution in [3.8, 4) is 6.07 Å². The molecule has 1 atom stereocenters. The van der Waals surface area contributed by atoms with Crippen LogP contribution in [0.2, 0.25) is 0 Å². The first-order valence-electron chi connectivity index (χ1n) is 6.36. The number of nitrogens with zero attached hydrogens (tertiary/aromatic N) is 2. The lowest BCUT2D eigenvalue weighted by molar-refractivity contribution is -0.127. The summed E-state index contributed by atoms with van der Waals surface area (Å²) in [5.41, 5.74) is -1.02. The largest absolute Gasteiger partial charge is 0.401 e. The molecule has 1 heterocycles. The molecule has 1 rings (SSSR count). The van der Waals surface area contributed by atoms with E-state index in [1.165, 1.54) is 0 Å². The number of hydrogen-bond acceptors (Lipinski definition) is 3. The molecule has 6 heteroatoms. The third-order valence-electron chi connectivity index (χ3n) is 3.31. The van der Waals surface area contributed by atoms with Crippen LogP contribution in [0.25, 0.3) is 0 Å². The van der Waals surface area contributed by atoms with Gasteiger partial charge in [-0.25, -0.2) is 0 Å². The Balaban J connectivity index is 2.57. The SMILES string of the molecule is CCCN1CCCC(C#N)(NCC(F)(F)F)CC1. The van der Waals surface area contributed by atoms with E-state index in [0.717, 1.165) is 25.9 Å². The van der Waals surface area contributed by atoms with Gasteiger partial charge in [0.05, 0.1) is 12.6 Å². The number of alkyl halides is 3. The highest BCUT2D eigenvalue weighted by atomic mass is 19.4. The van der Waals surface area contributed by atoms with E-state index in [1.54, 1.807) is 0 Å². The molecule has 0 spiro atoms. The van der Waals surface area contributed by atoms with Gasteiger partial charge in [-0.3, -0.25) is 5.32 Å². The van der Waals surface area contributed by atoms with Crippen molar-refractivity contribution in [2.24, 2.45) is 0 Å². The van der Waals surface area contributed by atoms with E-state index in [1.807, 2.05) is 0 Å². The summed E-state index contributed by atoms with van der Waals surface area (Å²) < 4.78 is 36.7. The second-order valence-corrected chi connectivity index (χ2v) is 4.86. The molecule has 3 nitrogen and oxygen atoms in total. The fourth-order valence-electron chi connectivity index (χ4n) is 2.33. The van der Waals surface area contributed by atoms with Crippen molar-refractivity contribution in [3.05, 3.63) is 0 Å². The molecule has 1 aliphatic rings. The Labute approximate surface area is 106 Å². The van der Waals surface area contributed by atoms with E-state index in [0.29, 0.717) is 19.4 Å². The van der Waals surface area contributed by atoms with E-state index < -0.39 is 18.3 Å². The zero-order valence-corrected chi connectivity index (χ0v) is 10.7. The number of nitriles is 1. The lowest BCUT2D eigenvalue weighted by atomic mass is 9.92. The maximum Gasteiger partial charge on any atom is 0.401 e. The predicted molar refractivity (Wildman–Crippen MR) is 63.0 cm³/mol. The summed E-state index contributed by atoms with van der Waals surface area (Å²) in [6, 6.07) is 2.05. The number of halogens is 3. The van der Waals surface area contributed by atoms with Crippen LogP contribution in [0.5, 0.6) is 0 Å². The lowest BCUT2D eigenvalue weighted by Gasteiger charge is -2.27. The second kappa shape index (κ2) is 6.39. The van der Waals surface area contributed by atoms with Crippen LogP contribution >= 0.6 is 0 Å². The highest BCUT2D eigenvalue weighted by Gasteiger charge is 2.37. The third-order valence-corrected chi connectivity index (χ3v) is 3.31. The van der Waals surface area contributed by atoms with Crippen LogP contribution in [-0.2, 0) is 0 Å². The zero-order valence-electron chi connectivity index (χ0n) is 10.7. The third kappa shape index (κ3) is 4.83. The van der Waals surface area contributed by atoms with Crippen LogP contribution in [0.3, 0.4) is 0 Å². The normalized spacial score (nSPS) is 26.6. The Bertz CT molecular complexity index is 298. The van der Waals surface area contributed by atoms with E-state index in [-0.39, 0.29) is 0 Å². The summed E-state index contributed by atoms with van der Waals surface area (Å²) in [6.07, 6.45) is -1.54. The molecular weight excluding hydrogens is 243 g/mol. The topological polar surface area (TPSA) is 39.1 Å². The zero-order chi connectivity index (χ0) is 13.6. The molecule has 0 saturated carbocycles. The number of hydrogen-bond donors (Lipinski definition) is 1. The van der Waals surface area contributed by atoms with Gasteiger partial charge in [-0.05, 0) is 38.8 Å². The summed E-state index contributed by atoms with van der Waals surface area (Å²) in [6.45, 7) is 3.48. The second-order valence-electron chi connectivity index (χ2n) is 4.86. The van der Waals surface area contributed by atoms with E-state index in [9.17, 15) is 18.4 Å². The molecule has 0 aromatic rings. The van der Waals surface area contributed by atoms with E-state index >= 15 is 0 Å². The molecule has 1 N–H and O–H groups in total. The summed E-state index contributed by atoms with van der Waals surface area (Å²) in [5.74, 6) is 0. The monoisotopic (exact) mass is 263 g/mol. The highest BCUT2D eigenvalue weighted by Crippen LogP contribution is 2.24. The van der Waals surface area contributed by atoms with Crippen molar-refractivity contribution in [2.45, 2.75) is 44.3 Å². The van der Waals surface area contributed by atoms with Crippen LogP contribution in [0.4, 0.5) is 13.2 Å². The van der Waals surface area contributed by atoms with Crippen molar-refractivity contribution in [1.82, 2.24) is 10.2 Å². The van der Waals surface area contributed by atoms with Crippen molar-refractivity contribution in [1.29, 1.82) is 5.26 Å². The maximum absolute atomic E-state index is 12.2. The fraction of sp³-hybridized carbons (Fsp3) is 0.917. The Morgan fingerprint density at radius 2 is 2.06 bits per heavy atom. The van der Waals surface area contributed by atoms with Crippen molar-refractivity contribution >= 4 is 0 Å². The number of nitrogens with one attached hydrogen (secondary N) is 1. The predicted octanol–water partition coefficient (Wildman–Crippen LogP) is 2.30. The van der Waals surface area contributed by atoms with Crippen LogP contribution in [-0.4, -0.2) is 42.8 Å². The van der Waals surface area contributed by atoms with Gasteiger partial charge < -0.3 is 4.90 Å². The molecule has 0 radical (unpaired) electrons. The Kier molecular flexibility index (Phi) is 5.42. The first-order valence-corrected chi connectivity index (χ1v) is 6.36. The van der Waals surface area contributed by atoms with Crippen LogP contribution < -0.4 is 5.32 Å². The minimum absolute atomic E-state index is 0.458. The lowest BCUT2D eigenvalue weighted by Crippen LogP contribution is -2.48. The molecule has 0 amide bonds. The Morgan fingerprint density at radius 3 is 2.61 bits per heavy atom. The minimum atomic E-state index is -4.26. The molecule has 0 aromatic carbocycles.